The molecule has 0 aliphatic carbocycles. The average molecular weight is 305 g/mol. The number of nitriles is 1. The van der Waals surface area contributed by atoms with Gasteiger partial charge in [0.1, 0.15) is 24.0 Å². The Morgan fingerprint density at radius 2 is 2.33 bits per heavy atom. The van der Waals surface area contributed by atoms with Crippen molar-refractivity contribution in [3.63, 3.8) is 0 Å². The zero-order chi connectivity index (χ0) is 13.1. The first-order chi connectivity index (χ1) is 8.60. The first-order valence-electron chi connectivity index (χ1n) is 5.14. The van der Waals surface area contributed by atoms with Crippen LogP contribution in [-0.2, 0) is 4.79 Å². The molecule has 1 amide bonds. The highest BCUT2D eigenvalue weighted by molar-refractivity contribution is 9.10. The second-order valence-corrected chi connectivity index (χ2v) is 4.64. The zero-order valence-corrected chi connectivity index (χ0v) is 10.9. The van der Waals surface area contributed by atoms with Gasteiger partial charge in [0.25, 0.3) is 5.91 Å². The lowest BCUT2D eigenvalue weighted by molar-refractivity contribution is -0.114. The molecule has 90 valence electrons. The van der Waals surface area contributed by atoms with Gasteiger partial charge in [-0.25, -0.2) is 0 Å². The van der Waals surface area contributed by atoms with E-state index in [1.807, 2.05) is 24.3 Å². The molecule has 1 aromatic carbocycles. The lowest BCUT2D eigenvalue weighted by Crippen LogP contribution is -2.14. The highest BCUT2D eigenvalue weighted by Gasteiger charge is 2.12. The standard InChI is InChI=1S/C13H9BrN2O2/c14-11-1-2-12-9(5-11)3-8(7-18-12)4-10(6-15)13(16)17/h1-5H,7H2,(H2,16,17)/b10-4+. The van der Waals surface area contributed by atoms with Gasteiger partial charge in [-0.1, -0.05) is 15.9 Å². The van der Waals surface area contributed by atoms with Gasteiger partial charge in [0.2, 0.25) is 0 Å². The molecular weight excluding hydrogens is 296 g/mol. The Morgan fingerprint density at radius 1 is 1.56 bits per heavy atom. The summed E-state index contributed by atoms with van der Waals surface area (Å²) in [7, 11) is 0. The van der Waals surface area contributed by atoms with Crippen LogP contribution in [0, 0.1) is 11.3 Å². The van der Waals surface area contributed by atoms with Crippen LogP contribution in [0.5, 0.6) is 5.75 Å². The van der Waals surface area contributed by atoms with Gasteiger partial charge in [0, 0.05) is 10.0 Å². The Labute approximate surface area is 112 Å². The highest BCUT2D eigenvalue weighted by Crippen LogP contribution is 2.29. The van der Waals surface area contributed by atoms with Crippen molar-refractivity contribution in [2.45, 2.75) is 0 Å². The summed E-state index contributed by atoms with van der Waals surface area (Å²) in [6.07, 6.45) is 3.32. The summed E-state index contributed by atoms with van der Waals surface area (Å²) in [5.74, 6) is 0.0337. The van der Waals surface area contributed by atoms with Crippen LogP contribution in [0.3, 0.4) is 0 Å². The number of ether oxygens (including phenoxy) is 1. The number of nitrogens with two attached hydrogens (primary N) is 1. The lowest BCUT2D eigenvalue weighted by Gasteiger charge is -2.16. The lowest BCUT2D eigenvalue weighted by atomic mass is 10.1. The molecule has 4 nitrogen and oxygen atoms in total. The molecule has 0 saturated carbocycles. The summed E-state index contributed by atoms with van der Waals surface area (Å²) in [6, 6.07) is 7.41. The van der Waals surface area contributed by atoms with Crippen molar-refractivity contribution >= 4 is 27.9 Å². The van der Waals surface area contributed by atoms with E-state index in [9.17, 15) is 4.79 Å². The fourth-order valence-corrected chi connectivity index (χ4v) is 1.97. The number of hydrogen-bond donors (Lipinski definition) is 1. The summed E-state index contributed by atoms with van der Waals surface area (Å²) < 4.78 is 6.45. The average Bonchev–Trinajstić information content (AvgIpc) is 2.35. The molecule has 2 rings (SSSR count). The molecule has 5 heteroatoms. The van der Waals surface area contributed by atoms with Crippen molar-refractivity contribution in [2.24, 2.45) is 5.73 Å². The molecule has 0 radical (unpaired) electrons. The smallest absolute Gasteiger partial charge is 0.259 e. The SMILES string of the molecule is N#C/C(=C\C1=Cc2cc(Br)ccc2OC1)C(N)=O. The van der Waals surface area contributed by atoms with E-state index in [0.29, 0.717) is 6.61 Å². The molecule has 0 aromatic heterocycles. The Morgan fingerprint density at radius 3 is 3.00 bits per heavy atom. The highest BCUT2D eigenvalue weighted by atomic mass is 79.9. The number of benzene rings is 1. The van der Waals surface area contributed by atoms with Gasteiger partial charge in [-0.05, 0) is 35.9 Å². The number of amides is 1. The molecule has 1 aliphatic rings. The van der Waals surface area contributed by atoms with Gasteiger partial charge >= 0.3 is 0 Å². The second kappa shape index (κ2) is 5.07. The summed E-state index contributed by atoms with van der Waals surface area (Å²) in [4.78, 5) is 11.0. The molecule has 0 spiro atoms. The van der Waals surface area contributed by atoms with Gasteiger partial charge in [-0.15, -0.1) is 0 Å². The maximum Gasteiger partial charge on any atom is 0.259 e. The maximum atomic E-state index is 11.0. The minimum atomic E-state index is -0.738. The number of hydrogen-bond acceptors (Lipinski definition) is 3. The van der Waals surface area contributed by atoms with E-state index in [1.165, 1.54) is 6.08 Å². The molecule has 0 saturated heterocycles. The van der Waals surface area contributed by atoms with Crippen LogP contribution in [0.2, 0.25) is 0 Å². The van der Waals surface area contributed by atoms with Crippen molar-refractivity contribution in [3.05, 3.63) is 45.5 Å². The number of rotatable bonds is 2. The fourth-order valence-electron chi connectivity index (χ4n) is 1.59. The monoisotopic (exact) mass is 304 g/mol. The summed E-state index contributed by atoms with van der Waals surface area (Å²) in [5, 5.41) is 8.77. The Hall–Kier alpha value is -2.06. The molecular formula is C13H9BrN2O2. The van der Waals surface area contributed by atoms with Crippen LogP contribution in [0.4, 0.5) is 0 Å². The molecule has 0 bridgehead atoms. The number of halogens is 1. The van der Waals surface area contributed by atoms with Crippen molar-refractivity contribution < 1.29 is 9.53 Å². The van der Waals surface area contributed by atoms with Crippen molar-refractivity contribution in [2.75, 3.05) is 6.61 Å². The van der Waals surface area contributed by atoms with Crippen LogP contribution in [-0.4, -0.2) is 12.5 Å². The van der Waals surface area contributed by atoms with E-state index in [0.717, 1.165) is 21.4 Å². The van der Waals surface area contributed by atoms with Gasteiger partial charge in [-0.2, -0.15) is 5.26 Å². The quantitative estimate of drug-likeness (QED) is 0.672. The molecule has 0 atom stereocenters. The zero-order valence-electron chi connectivity index (χ0n) is 9.31. The van der Waals surface area contributed by atoms with E-state index < -0.39 is 5.91 Å². The molecule has 0 unspecified atom stereocenters. The first-order valence-corrected chi connectivity index (χ1v) is 5.94. The normalized spacial score (nSPS) is 14.0. The van der Waals surface area contributed by atoms with E-state index in [-0.39, 0.29) is 5.57 Å². The molecule has 2 N–H and O–H groups in total. The van der Waals surface area contributed by atoms with Crippen LogP contribution in [0.15, 0.2) is 39.9 Å². The maximum absolute atomic E-state index is 11.0. The number of nitrogens with zero attached hydrogens (tertiary/aromatic N) is 1. The number of carbonyl (C=O) groups is 1. The van der Waals surface area contributed by atoms with E-state index >= 15 is 0 Å². The fraction of sp³-hybridized carbons (Fsp3) is 0.0769. The molecule has 1 heterocycles. The Balaban J connectivity index is 2.39. The minimum Gasteiger partial charge on any atom is -0.488 e. The van der Waals surface area contributed by atoms with Crippen LogP contribution in [0.1, 0.15) is 5.56 Å². The molecule has 1 aromatic rings. The number of primary amides is 1. The van der Waals surface area contributed by atoms with Gasteiger partial charge < -0.3 is 10.5 Å². The van der Waals surface area contributed by atoms with Crippen molar-refractivity contribution in [3.8, 4) is 11.8 Å². The molecule has 18 heavy (non-hydrogen) atoms. The van der Waals surface area contributed by atoms with E-state index in [4.69, 9.17) is 15.7 Å². The third-order valence-electron chi connectivity index (χ3n) is 2.42. The van der Waals surface area contributed by atoms with E-state index in [1.54, 1.807) is 6.07 Å². The predicted molar refractivity (Wildman–Crippen MR) is 70.5 cm³/mol. The van der Waals surface area contributed by atoms with Crippen LogP contribution >= 0.6 is 15.9 Å². The Kier molecular flexibility index (Phi) is 3.49. The minimum absolute atomic E-state index is 0.0803. The predicted octanol–water partition coefficient (Wildman–Crippen LogP) is 2.16. The second-order valence-electron chi connectivity index (χ2n) is 3.72. The van der Waals surface area contributed by atoms with Crippen LogP contribution in [0.25, 0.3) is 6.08 Å². The number of fused-ring (bicyclic) bond motifs is 1. The largest absolute Gasteiger partial charge is 0.488 e. The van der Waals surface area contributed by atoms with Crippen molar-refractivity contribution in [1.29, 1.82) is 5.26 Å². The van der Waals surface area contributed by atoms with Gasteiger partial charge in [0.05, 0.1) is 0 Å². The summed E-state index contributed by atoms with van der Waals surface area (Å²) >= 11 is 3.37. The van der Waals surface area contributed by atoms with Crippen LogP contribution < -0.4 is 10.5 Å². The summed E-state index contributed by atoms with van der Waals surface area (Å²) in [6.45, 7) is 0.313. The molecule has 0 fully saturated rings. The van der Waals surface area contributed by atoms with Gasteiger partial charge in [-0.3, -0.25) is 4.79 Å². The topological polar surface area (TPSA) is 76.1 Å². The third-order valence-corrected chi connectivity index (χ3v) is 2.92. The third kappa shape index (κ3) is 2.60. The van der Waals surface area contributed by atoms with Gasteiger partial charge in [0.15, 0.2) is 0 Å². The summed E-state index contributed by atoms with van der Waals surface area (Å²) in [5.41, 5.74) is 6.62. The first kappa shape index (κ1) is 12.4. The number of carbonyl (C=O) groups excluding carboxylic acids is 1. The Bertz CT molecular complexity index is 612. The van der Waals surface area contributed by atoms with E-state index in [2.05, 4.69) is 15.9 Å². The molecule has 1 aliphatic heterocycles. The van der Waals surface area contributed by atoms with Crippen molar-refractivity contribution in [1.82, 2.24) is 0 Å².